The molecule has 186 valence electrons. The minimum atomic E-state index is -0.246. The van der Waals surface area contributed by atoms with Gasteiger partial charge in [-0.05, 0) is 56.3 Å². The van der Waals surface area contributed by atoms with Crippen LogP contribution in [0.15, 0.2) is 42.7 Å². The van der Waals surface area contributed by atoms with Crippen LogP contribution in [0.5, 0.6) is 11.5 Å². The maximum atomic E-state index is 13.4. The molecule has 1 aliphatic rings. The molecule has 0 radical (unpaired) electrons. The zero-order valence-electron chi connectivity index (χ0n) is 21.5. The molecule has 2 heterocycles. The highest BCUT2D eigenvalue weighted by atomic mass is 16.5. The van der Waals surface area contributed by atoms with Crippen LogP contribution in [0.2, 0.25) is 0 Å². The summed E-state index contributed by atoms with van der Waals surface area (Å²) in [7, 11) is 7.25. The minimum Gasteiger partial charge on any atom is -0.493 e. The van der Waals surface area contributed by atoms with Crippen LogP contribution in [0.1, 0.15) is 34.5 Å². The summed E-state index contributed by atoms with van der Waals surface area (Å²) in [6.45, 7) is 7.91. The quantitative estimate of drug-likeness (QED) is 0.560. The molecule has 1 unspecified atom stereocenters. The number of amides is 1. The van der Waals surface area contributed by atoms with Gasteiger partial charge in [0.25, 0.3) is 5.91 Å². The monoisotopic (exact) mass is 477 g/mol. The van der Waals surface area contributed by atoms with E-state index in [1.54, 1.807) is 25.1 Å². The van der Waals surface area contributed by atoms with E-state index in [0.717, 1.165) is 54.1 Å². The molecule has 1 amide bonds. The first-order chi connectivity index (χ1) is 16.8. The van der Waals surface area contributed by atoms with Crippen LogP contribution in [0.25, 0.3) is 11.1 Å². The Morgan fingerprint density at radius 2 is 1.80 bits per heavy atom. The summed E-state index contributed by atoms with van der Waals surface area (Å²) in [6, 6.07) is 9.84. The van der Waals surface area contributed by atoms with Crippen LogP contribution in [0, 0.1) is 6.92 Å². The molecule has 0 aliphatic carbocycles. The second-order valence-electron chi connectivity index (χ2n) is 9.19. The van der Waals surface area contributed by atoms with Gasteiger partial charge in [0.15, 0.2) is 11.5 Å². The number of aromatic nitrogens is 2. The number of benzene rings is 2. The standard InChI is InChI=1S/C27H35N5O3/c1-18-7-8-22(32-11-9-30(3)10-12-32)15-23(18)27(33)29-19(2)20-13-24(21-16-28-31(4)17-21)26(35-6)25(14-20)34-5/h7-8,13-17,19H,9-12H2,1-6H3,(H,29,33). The molecule has 1 atom stereocenters. The van der Waals surface area contributed by atoms with Gasteiger partial charge in [0.05, 0.1) is 26.5 Å². The van der Waals surface area contributed by atoms with E-state index in [1.807, 2.05) is 51.4 Å². The molecule has 8 heteroatoms. The normalized spacial score (nSPS) is 15.1. The largest absolute Gasteiger partial charge is 0.493 e. The number of methoxy groups -OCH3 is 2. The molecule has 0 spiro atoms. The van der Waals surface area contributed by atoms with Gasteiger partial charge in [-0.25, -0.2) is 0 Å². The topological polar surface area (TPSA) is 71.9 Å². The third-order valence-electron chi connectivity index (χ3n) is 6.70. The smallest absolute Gasteiger partial charge is 0.252 e. The molecule has 1 fully saturated rings. The van der Waals surface area contributed by atoms with Gasteiger partial charge in [-0.2, -0.15) is 5.10 Å². The average Bonchev–Trinajstić information content (AvgIpc) is 3.29. The van der Waals surface area contributed by atoms with Crippen molar-refractivity contribution in [2.24, 2.45) is 7.05 Å². The summed E-state index contributed by atoms with van der Waals surface area (Å²) in [6.07, 6.45) is 3.72. The number of hydrogen-bond acceptors (Lipinski definition) is 6. The number of hydrogen-bond donors (Lipinski definition) is 1. The lowest BCUT2D eigenvalue weighted by molar-refractivity contribution is 0.0939. The van der Waals surface area contributed by atoms with E-state index in [0.29, 0.717) is 17.1 Å². The van der Waals surface area contributed by atoms with Gasteiger partial charge >= 0.3 is 0 Å². The molecule has 1 N–H and O–H groups in total. The lowest BCUT2D eigenvalue weighted by Gasteiger charge is -2.34. The molecule has 1 aromatic heterocycles. The number of piperazine rings is 1. The van der Waals surface area contributed by atoms with Crippen molar-refractivity contribution in [2.45, 2.75) is 19.9 Å². The fourth-order valence-electron chi connectivity index (χ4n) is 4.48. The van der Waals surface area contributed by atoms with Crippen LogP contribution < -0.4 is 19.7 Å². The fraction of sp³-hybridized carbons (Fsp3) is 0.407. The van der Waals surface area contributed by atoms with Crippen molar-refractivity contribution in [1.82, 2.24) is 20.0 Å². The van der Waals surface area contributed by atoms with Crippen LogP contribution >= 0.6 is 0 Å². The highest BCUT2D eigenvalue weighted by molar-refractivity contribution is 5.97. The minimum absolute atomic E-state index is 0.0938. The first-order valence-electron chi connectivity index (χ1n) is 11.9. The van der Waals surface area contributed by atoms with Crippen molar-refractivity contribution >= 4 is 11.6 Å². The Morgan fingerprint density at radius 1 is 1.06 bits per heavy atom. The number of carbonyl (C=O) groups excluding carboxylic acids is 1. The molecule has 1 saturated heterocycles. The maximum absolute atomic E-state index is 13.4. The second-order valence-corrected chi connectivity index (χ2v) is 9.19. The van der Waals surface area contributed by atoms with Crippen molar-refractivity contribution in [3.05, 3.63) is 59.4 Å². The second kappa shape index (κ2) is 10.4. The Hall–Kier alpha value is -3.52. The van der Waals surface area contributed by atoms with Crippen molar-refractivity contribution in [1.29, 1.82) is 0 Å². The highest BCUT2D eigenvalue weighted by Crippen LogP contribution is 2.40. The van der Waals surface area contributed by atoms with Gasteiger partial charge in [-0.15, -0.1) is 0 Å². The highest BCUT2D eigenvalue weighted by Gasteiger charge is 2.21. The summed E-state index contributed by atoms with van der Waals surface area (Å²) in [4.78, 5) is 18.0. The summed E-state index contributed by atoms with van der Waals surface area (Å²) >= 11 is 0. The van der Waals surface area contributed by atoms with Gasteiger partial charge in [0.1, 0.15) is 0 Å². The van der Waals surface area contributed by atoms with Crippen LogP contribution in [-0.2, 0) is 7.05 Å². The molecule has 0 saturated carbocycles. The van der Waals surface area contributed by atoms with E-state index in [1.165, 1.54) is 0 Å². The molecule has 2 aromatic carbocycles. The number of aryl methyl sites for hydroxylation is 2. The summed E-state index contributed by atoms with van der Waals surface area (Å²) < 4.78 is 13.0. The van der Waals surface area contributed by atoms with Crippen molar-refractivity contribution in [2.75, 3.05) is 52.3 Å². The van der Waals surface area contributed by atoms with Crippen LogP contribution in [0.3, 0.4) is 0 Å². The zero-order valence-corrected chi connectivity index (χ0v) is 21.5. The van der Waals surface area contributed by atoms with E-state index in [9.17, 15) is 4.79 Å². The van der Waals surface area contributed by atoms with E-state index in [2.05, 4.69) is 33.3 Å². The predicted molar refractivity (Wildman–Crippen MR) is 139 cm³/mol. The number of nitrogens with one attached hydrogen (secondary N) is 1. The number of carbonyl (C=O) groups is 1. The Bertz CT molecular complexity index is 1200. The SMILES string of the molecule is COc1cc(C(C)NC(=O)c2cc(N3CCN(C)CC3)ccc2C)cc(-c2cnn(C)c2)c1OC. The maximum Gasteiger partial charge on any atom is 0.252 e. The lowest BCUT2D eigenvalue weighted by Crippen LogP contribution is -2.44. The molecule has 8 nitrogen and oxygen atoms in total. The van der Waals surface area contributed by atoms with Crippen molar-refractivity contribution in [3.8, 4) is 22.6 Å². The predicted octanol–water partition coefficient (Wildman–Crippen LogP) is 3.66. The van der Waals surface area contributed by atoms with Gasteiger partial charge in [-0.1, -0.05) is 6.07 Å². The van der Waals surface area contributed by atoms with E-state index >= 15 is 0 Å². The molecule has 1 aliphatic heterocycles. The molecular weight excluding hydrogens is 442 g/mol. The Kier molecular flexibility index (Phi) is 7.31. The fourth-order valence-corrected chi connectivity index (χ4v) is 4.48. The molecule has 3 aromatic rings. The van der Waals surface area contributed by atoms with Gasteiger partial charge in [0, 0.05) is 61.8 Å². The van der Waals surface area contributed by atoms with Crippen molar-refractivity contribution in [3.63, 3.8) is 0 Å². The number of ether oxygens (including phenoxy) is 2. The molecule has 0 bridgehead atoms. The van der Waals surface area contributed by atoms with Crippen LogP contribution in [0.4, 0.5) is 5.69 Å². The lowest BCUT2D eigenvalue weighted by atomic mass is 9.99. The van der Waals surface area contributed by atoms with Crippen molar-refractivity contribution < 1.29 is 14.3 Å². The summed E-state index contributed by atoms with van der Waals surface area (Å²) in [5.41, 5.74) is 5.44. The van der Waals surface area contributed by atoms with Gasteiger partial charge < -0.3 is 24.6 Å². The number of rotatable bonds is 7. The summed E-state index contributed by atoms with van der Waals surface area (Å²) in [5.74, 6) is 1.15. The first kappa shape index (κ1) is 24.6. The van der Waals surface area contributed by atoms with Crippen LogP contribution in [-0.4, -0.2) is 68.0 Å². The van der Waals surface area contributed by atoms with E-state index in [4.69, 9.17) is 9.47 Å². The Balaban J connectivity index is 1.59. The number of nitrogens with zero attached hydrogens (tertiary/aromatic N) is 4. The Morgan fingerprint density at radius 3 is 2.43 bits per heavy atom. The van der Waals surface area contributed by atoms with Gasteiger partial charge in [0.2, 0.25) is 0 Å². The third kappa shape index (κ3) is 5.27. The first-order valence-corrected chi connectivity index (χ1v) is 11.9. The average molecular weight is 478 g/mol. The zero-order chi connectivity index (χ0) is 25.1. The van der Waals surface area contributed by atoms with E-state index < -0.39 is 0 Å². The number of anilines is 1. The van der Waals surface area contributed by atoms with Gasteiger partial charge in [-0.3, -0.25) is 9.48 Å². The summed E-state index contributed by atoms with van der Waals surface area (Å²) in [5, 5.41) is 7.47. The molecule has 4 rings (SSSR count). The third-order valence-corrected chi connectivity index (χ3v) is 6.70. The van der Waals surface area contributed by atoms with E-state index in [-0.39, 0.29) is 11.9 Å². The Labute approximate surface area is 207 Å². The molecular formula is C27H35N5O3. The number of likely N-dealkylation sites (N-methyl/N-ethyl adjacent to an activating group) is 1. The molecule has 35 heavy (non-hydrogen) atoms.